The maximum absolute atomic E-state index is 14.0. The van der Waals surface area contributed by atoms with Crippen LogP contribution in [0.1, 0.15) is 44.7 Å². The van der Waals surface area contributed by atoms with Gasteiger partial charge in [0, 0.05) is 19.6 Å². The van der Waals surface area contributed by atoms with Crippen LogP contribution in [0.3, 0.4) is 0 Å². The van der Waals surface area contributed by atoms with E-state index in [1.54, 1.807) is 68.1 Å². The van der Waals surface area contributed by atoms with Crippen LogP contribution in [0.4, 0.5) is 0 Å². The van der Waals surface area contributed by atoms with Crippen molar-refractivity contribution < 1.29 is 27.5 Å². The monoisotopic (exact) mass is 563 g/mol. The molecule has 210 valence electrons. The lowest BCUT2D eigenvalue weighted by Crippen LogP contribution is -2.46. The summed E-state index contributed by atoms with van der Waals surface area (Å²) in [5.41, 5.74) is 0.533. The third-order valence-corrected chi connectivity index (χ3v) is 8.53. The zero-order chi connectivity index (χ0) is 29.1. The Balaban J connectivity index is 1.65. The van der Waals surface area contributed by atoms with Gasteiger partial charge in [-0.3, -0.25) is 9.59 Å². The van der Waals surface area contributed by atoms with Gasteiger partial charge in [-0.15, -0.1) is 0 Å². The Morgan fingerprint density at radius 1 is 1.10 bits per heavy atom. The number of ether oxygens (including phenoxy) is 2. The molecule has 1 amide bonds. The molecule has 0 bridgehead atoms. The molecular formula is C30H33N3O6S. The minimum Gasteiger partial charge on any atom is -0.497 e. The van der Waals surface area contributed by atoms with Gasteiger partial charge in [-0.2, -0.15) is 9.57 Å². The number of esters is 1. The Kier molecular flexibility index (Phi) is 8.47. The zero-order valence-electron chi connectivity index (χ0n) is 23.1. The lowest BCUT2D eigenvalue weighted by atomic mass is 10.1. The molecule has 40 heavy (non-hydrogen) atoms. The zero-order valence-corrected chi connectivity index (χ0v) is 23.9. The van der Waals surface area contributed by atoms with Gasteiger partial charge in [0.25, 0.3) is 0 Å². The number of hydrogen-bond donors (Lipinski definition) is 0. The predicted molar refractivity (Wildman–Crippen MR) is 150 cm³/mol. The number of benzene rings is 3. The second-order valence-corrected chi connectivity index (χ2v) is 12.6. The van der Waals surface area contributed by atoms with Gasteiger partial charge in [0.2, 0.25) is 15.9 Å². The van der Waals surface area contributed by atoms with Crippen LogP contribution in [-0.2, 0) is 30.9 Å². The first-order valence-corrected chi connectivity index (χ1v) is 14.4. The smallest absolute Gasteiger partial charge is 0.307 e. The molecule has 4 rings (SSSR count). The van der Waals surface area contributed by atoms with Crippen LogP contribution in [0.5, 0.6) is 5.75 Å². The van der Waals surface area contributed by atoms with E-state index in [-0.39, 0.29) is 36.7 Å². The fraction of sp³-hybridized carbons (Fsp3) is 0.367. The molecule has 0 unspecified atom stereocenters. The van der Waals surface area contributed by atoms with Gasteiger partial charge < -0.3 is 14.4 Å². The minimum absolute atomic E-state index is 0.0189. The van der Waals surface area contributed by atoms with Gasteiger partial charge in [0.05, 0.1) is 30.1 Å². The normalized spacial score (nSPS) is 15.8. The SMILES string of the molecule is COc1ccc2ccc(S(=O)(=O)N(CCC(=O)OC(C)(C)C)[C@H]3CCN(Cc4cccc(C#N)c4)C3=O)cc2c1. The summed E-state index contributed by atoms with van der Waals surface area (Å²) >= 11 is 0. The Hall–Kier alpha value is -3.94. The van der Waals surface area contributed by atoms with Gasteiger partial charge in [0.15, 0.2) is 0 Å². The van der Waals surface area contributed by atoms with Gasteiger partial charge in [-0.05, 0) is 79.9 Å². The highest BCUT2D eigenvalue weighted by Gasteiger charge is 2.42. The summed E-state index contributed by atoms with van der Waals surface area (Å²) in [6, 6.07) is 18.2. The maximum atomic E-state index is 14.0. The fourth-order valence-electron chi connectivity index (χ4n) is 4.77. The van der Waals surface area contributed by atoms with Crippen LogP contribution in [0, 0.1) is 11.3 Å². The quantitative estimate of drug-likeness (QED) is 0.358. The number of methoxy groups -OCH3 is 1. The van der Waals surface area contributed by atoms with Crippen LogP contribution >= 0.6 is 0 Å². The van der Waals surface area contributed by atoms with E-state index < -0.39 is 27.6 Å². The molecule has 1 saturated heterocycles. The number of fused-ring (bicyclic) bond motifs is 1. The first-order chi connectivity index (χ1) is 18.9. The van der Waals surface area contributed by atoms with E-state index in [0.29, 0.717) is 23.2 Å². The van der Waals surface area contributed by atoms with Gasteiger partial charge >= 0.3 is 5.97 Å². The lowest BCUT2D eigenvalue weighted by molar-refractivity contribution is -0.155. The molecule has 0 spiro atoms. The number of sulfonamides is 1. The fourth-order valence-corrected chi connectivity index (χ4v) is 6.42. The van der Waals surface area contributed by atoms with E-state index in [4.69, 9.17) is 9.47 Å². The number of nitrogens with zero attached hydrogens (tertiary/aromatic N) is 3. The Labute approximate surface area is 234 Å². The third-order valence-electron chi connectivity index (χ3n) is 6.63. The molecule has 10 heteroatoms. The van der Waals surface area contributed by atoms with Crippen molar-refractivity contribution >= 4 is 32.7 Å². The first kappa shape index (κ1) is 29.1. The molecule has 9 nitrogen and oxygen atoms in total. The molecule has 1 aliphatic heterocycles. The van der Waals surface area contributed by atoms with Crippen molar-refractivity contribution in [2.24, 2.45) is 0 Å². The Morgan fingerprint density at radius 3 is 2.55 bits per heavy atom. The summed E-state index contributed by atoms with van der Waals surface area (Å²) in [5.74, 6) is -0.310. The second-order valence-electron chi connectivity index (χ2n) is 10.7. The molecule has 0 radical (unpaired) electrons. The van der Waals surface area contributed by atoms with E-state index in [0.717, 1.165) is 15.3 Å². The molecular weight excluding hydrogens is 530 g/mol. The molecule has 1 atom stereocenters. The van der Waals surface area contributed by atoms with Crippen LogP contribution in [0.25, 0.3) is 10.8 Å². The van der Waals surface area contributed by atoms with E-state index >= 15 is 0 Å². The van der Waals surface area contributed by atoms with Crippen molar-refractivity contribution in [1.82, 2.24) is 9.21 Å². The van der Waals surface area contributed by atoms with E-state index in [9.17, 15) is 23.3 Å². The summed E-state index contributed by atoms with van der Waals surface area (Å²) in [5, 5.41) is 10.7. The number of carbonyl (C=O) groups excluding carboxylic acids is 2. The Morgan fingerprint density at radius 2 is 1.85 bits per heavy atom. The van der Waals surface area contributed by atoms with Crippen molar-refractivity contribution in [2.75, 3.05) is 20.2 Å². The van der Waals surface area contributed by atoms with Crippen LogP contribution in [0.2, 0.25) is 0 Å². The van der Waals surface area contributed by atoms with Gasteiger partial charge in [0.1, 0.15) is 17.4 Å². The predicted octanol–water partition coefficient (Wildman–Crippen LogP) is 4.24. The number of likely N-dealkylation sites (tertiary alicyclic amines) is 1. The van der Waals surface area contributed by atoms with Gasteiger partial charge in [-0.25, -0.2) is 8.42 Å². The summed E-state index contributed by atoms with van der Waals surface area (Å²) in [4.78, 5) is 27.7. The molecule has 3 aromatic rings. The summed E-state index contributed by atoms with van der Waals surface area (Å²) in [6.07, 6.45) is 0.0671. The topological polar surface area (TPSA) is 117 Å². The van der Waals surface area contributed by atoms with Crippen LogP contribution < -0.4 is 4.74 Å². The average molecular weight is 564 g/mol. The number of amides is 1. The Bertz CT molecular complexity index is 1570. The van der Waals surface area contributed by atoms with E-state index in [2.05, 4.69) is 6.07 Å². The highest BCUT2D eigenvalue weighted by molar-refractivity contribution is 7.89. The van der Waals surface area contributed by atoms with Crippen molar-refractivity contribution in [3.8, 4) is 11.8 Å². The molecule has 3 aromatic carbocycles. The number of rotatable bonds is 9. The van der Waals surface area contributed by atoms with Crippen LogP contribution in [0.15, 0.2) is 65.6 Å². The molecule has 1 fully saturated rings. The average Bonchev–Trinajstić information content (AvgIpc) is 3.26. The maximum Gasteiger partial charge on any atom is 0.307 e. The van der Waals surface area contributed by atoms with Gasteiger partial charge in [-0.1, -0.05) is 24.3 Å². The van der Waals surface area contributed by atoms with Crippen molar-refractivity contribution in [3.63, 3.8) is 0 Å². The lowest BCUT2D eigenvalue weighted by Gasteiger charge is -2.28. The first-order valence-electron chi connectivity index (χ1n) is 13.0. The molecule has 0 N–H and O–H groups in total. The van der Waals surface area contributed by atoms with E-state index in [1.807, 2.05) is 12.1 Å². The minimum atomic E-state index is -4.18. The van der Waals surface area contributed by atoms with Crippen LogP contribution in [-0.4, -0.2) is 61.3 Å². The van der Waals surface area contributed by atoms with Crippen molar-refractivity contribution in [3.05, 3.63) is 71.8 Å². The number of hydrogen-bond acceptors (Lipinski definition) is 7. The molecule has 1 heterocycles. The summed E-state index contributed by atoms with van der Waals surface area (Å²) in [6.45, 7) is 5.60. The standard InChI is InChI=1S/C30H33N3O6S/c1-30(2,3)39-28(34)13-15-33(27-12-14-32(29(27)35)20-22-7-5-6-21(16-22)19-31)40(36,37)26-11-9-23-8-10-25(38-4)17-24(23)18-26/h5-11,16-18,27H,12-15,20H2,1-4H3/t27-/m0/s1. The molecule has 0 aromatic heterocycles. The largest absolute Gasteiger partial charge is 0.497 e. The van der Waals surface area contributed by atoms with E-state index in [1.165, 1.54) is 13.2 Å². The molecule has 1 aliphatic rings. The summed E-state index contributed by atoms with van der Waals surface area (Å²) < 4.78 is 39.9. The van der Waals surface area contributed by atoms with Crippen molar-refractivity contribution in [2.45, 2.75) is 56.7 Å². The molecule has 0 aliphatic carbocycles. The number of carbonyl (C=O) groups is 2. The van der Waals surface area contributed by atoms with Crippen molar-refractivity contribution in [1.29, 1.82) is 5.26 Å². The number of nitriles is 1. The second kappa shape index (κ2) is 11.7. The highest BCUT2D eigenvalue weighted by atomic mass is 32.2. The summed E-state index contributed by atoms with van der Waals surface area (Å²) in [7, 11) is -2.64. The highest BCUT2D eigenvalue weighted by Crippen LogP contribution is 2.30. The third kappa shape index (κ3) is 6.61. The molecule has 0 saturated carbocycles.